The number of hydrogen-bond acceptors (Lipinski definition) is 5. The Morgan fingerprint density at radius 2 is 1.93 bits per heavy atom. The molecular weight excluding hydrogens is 390 g/mol. The molecule has 1 saturated carbocycles. The van der Waals surface area contributed by atoms with Crippen molar-refractivity contribution in [2.75, 3.05) is 10.6 Å². The van der Waals surface area contributed by atoms with Crippen LogP contribution in [-0.2, 0) is 0 Å². The highest BCUT2D eigenvalue weighted by molar-refractivity contribution is 7.20. The molecule has 1 heterocycles. The van der Waals surface area contributed by atoms with Gasteiger partial charge in [0, 0.05) is 11.5 Å². The summed E-state index contributed by atoms with van der Waals surface area (Å²) in [5.74, 6) is -1.24. The summed E-state index contributed by atoms with van der Waals surface area (Å²) in [5.41, 5.74) is 1.51. The number of aromatic nitrogens is 1. The van der Waals surface area contributed by atoms with Crippen molar-refractivity contribution in [3.05, 3.63) is 39.4 Å². The van der Waals surface area contributed by atoms with E-state index in [1.165, 1.54) is 0 Å². The molecule has 1 aliphatic carbocycles. The summed E-state index contributed by atoms with van der Waals surface area (Å²) in [7, 11) is 0. The van der Waals surface area contributed by atoms with Gasteiger partial charge in [0.2, 0.25) is 0 Å². The number of anilines is 2. The molecule has 3 rings (SSSR count). The maximum absolute atomic E-state index is 12.8. The van der Waals surface area contributed by atoms with Gasteiger partial charge in [-0.1, -0.05) is 47.4 Å². The third kappa shape index (κ3) is 4.45. The van der Waals surface area contributed by atoms with Crippen LogP contribution in [0.1, 0.15) is 52.1 Å². The minimum atomic E-state index is -1.27. The SMILES string of the molecule is Cc1ccc(NC(=O)Nc2nc(C(=O)O)c(Cl)s2)c(C(=O)C2CCCC2)c1. The van der Waals surface area contributed by atoms with Crippen LogP contribution in [0.5, 0.6) is 0 Å². The molecule has 0 spiro atoms. The number of hydrogen-bond donors (Lipinski definition) is 3. The molecule has 0 unspecified atom stereocenters. The predicted octanol–water partition coefficient (Wildman–Crippen LogP) is 4.82. The third-order valence-electron chi connectivity index (χ3n) is 4.42. The van der Waals surface area contributed by atoms with Crippen molar-refractivity contribution < 1.29 is 19.5 Å². The predicted molar refractivity (Wildman–Crippen MR) is 104 cm³/mol. The van der Waals surface area contributed by atoms with E-state index < -0.39 is 12.0 Å². The second kappa shape index (κ2) is 8.06. The third-order valence-corrected chi connectivity index (χ3v) is 5.59. The molecule has 0 radical (unpaired) electrons. The lowest BCUT2D eigenvalue weighted by molar-refractivity contribution is 0.0691. The number of carboxylic acid groups (broad SMARTS) is 1. The van der Waals surface area contributed by atoms with Gasteiger partial charge < -0.3 is 10.4 Å². The van der Waals surface area contributed by atoms with Crippen molar-refractivity contribution >= 4 is 51.5 Å². The number of nitrogens with zero attached hydrogens (tertiary/aromatic N) is 1. The number of ketones is 1. The molecule has 9 heteroatoms. The number of rotatable bonds is 5. The van der Waals surface area contributed by atoms with Crippen LogP contribution in [-0.4, -0.2) is 27.9 Å². The first-order valence-electron chi connectivity index (χ1n) is 8.47. The average Bonchev–Trinajstić information content (AvgIpc) is 3.25. The normalized spacial score (nSPS) is 14.1. The molecule has 0 atom stereocenters. The fraction of sp³-hybridized carbons (Fsp3) is 0.333. The number of aryl methyl sites for hydroxylation is 1. The van der Waals surface area contributed by atoms with Crippen LogP contribution in [0.4, 0.5) is 15.6 Å². The maximum atomic E-state index is 12.8. The fourth-order valence-corrected chi connectivity index (χ4v) is 4.14. The number of Topliss-reactive ketones (excluding diaryl/α,β-unsaturated/α-hetero) is 1. The van der Waals surface area contributed by atoms with Crippen molar-refractivity contribution in [2.24, 2.45) is 5.92 Å². The molecule has 142 valence electrons. The smallest absolute Gasteiger partial charge is 0.357 e. The van der Waals surface area contributed by atoms with Gasteiger partial charge in [-0.25, -0.2) is 14.6 Å². The minimum absolute atomic E-state index is 0.00805. The van der Waals surface area contributed by atoms with E-state index in [-0.39, 0.29) is 26.9 Å². The number of carboxylic acids is 1. The maximum Gasteiger partial charge on any atom is 0.357 e. The molecule has 7 nitrogen and oxygen atoms in total. The van der Waals surface area contributed by atoms with E-state index in [0.717, 1.165) is 42.6 Å². The monoisotopic (exact) mass is 407 g/mol. The second-order valence-electron chi connectivity index (χ2n) is 6.42. The molecule has 1 aliphatic rings. The van der Waals surface area contributed by atoms with E-state index in [1.807, 2.05) is 13.0 Å². The first-order valence-corrected chi connectivity index (χ1v) is 9.67. The summed E-state index contributed by atoms with van der Waals surface area (Å²) in [6.45, 7) is 1.89. The Balaban J connectivity index is 1.76. The Labute approximate surface area is 164 Å². The molecule has 2 aromatic rings. The van der Waals surface area contributed by atoms with Crippen LogP contribution in [0.15, 0.2) is 18.2 Å². The summed E-state index contributed by atoms with van der Waals surface area (Å²) in [6.07, 6.45) is 3.83. The van der Waals surface area contributed by atoms with Gasteiger partial charge >= 0.3 is 12.0 Å². The lowest BCUT2D eigenvalue weighted by Gasteiger charge is -2.14. The number of halogens is 1. The fourth-order valence-electron chi connectivity index (χ4n) is 3.12. The van der Waals surface area contributed by atoms with Gasteiger partial charge in [-0.2, -0.15) is 0 Å². The van der Waals surface area contributed by atoms with E-state index in [1.54, 1.807) is 12.1 Å². The second-order valence-corrected chi connectivity index (χ2v) is 8.02. The number of amides is 2. The molecule has 0 aliphatic heterocycles. The Bertz CT molecular complexity index is 906. The van der Waals surface area contributed by atoms with E-state index in [2.05, 4.69) is 15.6 Å². The summed E-state index contributed by atoms with van der Waals surface area (Å²) < 4.78 is -0.0229. The van der Waals surface area contributed by atoms with Crippen LogP contribution in [0.3, 0.4) is 0 Å². The molecule has 3 N–H and O–H groups in total. The standard InChI is InChI=1S/C18H18ClN3O4S/c1-9-6-7-12(11(8-9)14(23)10-4-2-3-5-10)20-17(26)22-18-21-13(16(24)25)15(19)27-18/h6-8,10H,2-5H2,1H3,(H,24,25)(H2,20,21,22,26). The van der Waals surface area contributed by atoms with Gasteiger partial charge in [-0.3, -0.25) is 10.1 Å². The zero-order valence-electron chi connectivity index (χ0n) is 14.5. The van der Waals surface area contributed by atoms with Crippen LogP contribution in [0.25, 0.3) is 0 Å². The van der Waals surface area contributed by atoms with Crippen LogP contribution in [0.2, 0.25) is 4.34 Å². The topological polar surface area (TPSA) is 108 Å². The van der Waals surface area contributed by atoms with Crippen LogP contribution < -0.4 is 10.6 Å². The first-order chi connectivity index (χ1) is 12.8. The molecule has 0 saturated heterocycles. The zero-order valence-corrected chi connectivity index (χ0v) is 16.1. The van der Waals surface area contributed by atoms with Crippen molar-refractivity contribution in [3.8, 4) is 0 Å². The number of urea groups is 1. The summed E-state index contributed by atoms with van der Waals surface area (Å²) in [5, 5.41) is 14.1. The quantitative estimate of drug-likeness (QED) is 0.615. The number of nitrogens with one attached hydrogen (secondary N) is 2. The number of carbonyl (C=O) groups excluding carboxylic acids is 2. The van der Waals surface area contributed by atoms with Gasteiger partial charge in [-0.05, 0) is 31.9 Å². The molecule has 0 bridgehead atoms. The molecule has 27 heavy (non-hydrogen) atoms. The minimum Gasteiger partial charge on any atom is -0.476 e. The number of aromatic carboxylic acids is 1. The molecule has 1 fully saturated rings. The van der Waals surface area contributed by atoms with Gasteiger partial charge in [0.15, 0.2) is 16.6 Å². The van der Waals surface area contributed by atoms with E-state index in [9.17, 15) is 14.4 Å². The Morgan fingerprint density at radius 3 is 2.56 bits per heavy atom. The average molecular weight is 408 g/mol. The Kier molecular flexibility index (Phi) is 5.76. The van der Waals surface area contributed by atoms with Crippen molar-refractivity contribution in [3.63, 3.8) is 0 Å². The van der Waals surface area contributed by atoms with E-state index in [4.69, 9.17) is 16.7 Å². The van der Waals surface area contributed by atoms with Crippen LogP contribution >= 0.6 is 22.9 Å². The molecule has 1 aromatic heterocycles. The summed E-state index contributed by atoms with van der Waals surface area (Å²) in [6, 6.07) is 4.65. The highest BCUT2D eigenvalue weighted by atomic mass is 35.5. The lowest BCUT2D eigenvalue weighted by atomic mass is 9.94. The highest BCUT2D eigenvalue weighted by Crippen LogP contribution is 2.31. The largest absolute Gasteiger partial charge is 0.476 e. The molecular formula is C18H18ClN3O4S. The number of carbonyl (C=O) groups is 3. The first kappa shape index (κ1) is 19.3. The van der Waals surface area contributed by atoms with Crippen molar-refractivity contribution in [2.45, 2.75) is 32.6 Å². The van der Waals surface area contributed by atoms with Crippen molar-refractivity contribution in [1.29, 1.82) is 0 Å². The van der Waals surface area contributed by atoms with Gasteiger partial charge in [0.05, 0.1) is 5.69 Å². The van der Waals surface area contributed by atoms with Gasteiger partial charge in [-0.15, -0.1) is 0 Å². The highest BCUT2D eigenvalue weighted by Gasteiger charge is 2.26. The zero-order chi connectivity index (χ0) is 19.6. The Hall–Kier alpha value is -2.45. The van der Waals surface area contributed by atoms with E-state index >= 15 is 0 Å². The van der Waals surface area contributed by atoms with Crippen LogP contribution in [0, 0.1) is 12.8 Å². The lowest BCUT2D eigenvalue weighted by Crippen LogP contribution is -2.22. The van der Waals surface area contributed by atoms with Crippen molar-refractivity contribution in [1.82, 2.24) is 4.98 Å². The van der Waals surface area contributed by atoms with E-state index in [0.29, 0.717) is 11.3 Å². The van der Waals surface area contributed by atoms with Gasteiger partial charge in [0.1, 0.15) is 4.34 Å². The summed E-state index contributed by atoms with van der Waals surface area (Å²) >= 11 is 6.65. The molecule has 2 amide bonds. The Morgan fingerprint density at radius 1 is 1.22 bits per heavy atom. The number of benzene rings is 1. The summed E-state index contributed by atoms with van der Waals surface area (Å²) in [4.78, 5) is 39.9. The molecule has 1 aromatic carbocycles. The van der Waals surface area contributed by atoms with Gasteiger partial charge in [0.25, 0.3) is 0 Å². The number of thiazole rings is 1.